The summed E-state index contributed by atoms with van der Waals surface area (Å²) in [4.78, 5) is 11.0. The van der Waals surface area contributed by atoms with Gasteiger partial charge in [0.25, 0.3) is 5.91 Å². The van der Waals surface area contributed by atoms with Crippen LogP contribution in [0, 0.1) is 6.92 Å². The molecule has 1 rings (SSSR count). The van der Waals surface area contributed by atoms with Gasteiger partial charge in [-0.1, -0.05) is 0 Å². The fraction of sp³-hybridized carbons (Fsp3) is 0.429. The number of rotatable bonds is 2. The van der Waals surface area contributed by atoms with E-state index in [1.807, 2.05) is 6.92 Å². The van der Waals surface area contributed by atoms with Crippen LogP contribution in [0.3, 0.4) is 0 Å². The number of nitrogens with two attached hydrogens (primary N) is 1. The molecule has 0 saturated heterocycles. The molecule has 0 aromatic carbocycles. The highest BCUT2D eigenvalue weighted by Crippen LogP contribution is 2.04. The average Bonchev–Trinajstić information content (AvgIpc) is 2.49. The number of nitrogens with zero attached hydrogens (tertiary/aromatic N) is 2. The van der Waals surface area contributed by atoms with E-state index in [0.717, 1.165) is 5.56 Å². The molecule has 3 N–H and O–H groups in total. The maximum absolute atomic E-state index is 11.0. The third-order valence-corrected chi connectivity index (χ3v) is 1.65. The summed E-state index contributed by atoms with van der Waals surface area (Å²) in [5.41, 5.74) is 3.09. The molecule has 0 saturated carbocycles. The number of carbonyl (C=O) groups excluding carboxylic acids is 1. The molecular weight excluding hydrogens is 156 g/mol. The van der Waals surface area contributed by atoms with Gasteiger partial charge >= 0.3 is 0 Å². The van der Waals surface area contributed by atoms with Gasteiger partial charge in [0.05, 0.1) is 6.20 Å². The highest BCUT2D eigenvalue weighted by molar-refractivity contribution is 5.79. The van der Waals surface area contributed by atoms with Gasteiger partial charge in [-0.3, -0.25) is 14.9 Å². The Balaban J connectivity index is 2.77. The Kier molecular flexibility index (Phi) is 2.44. The molecule has 1 aromatic rings. The van der Waals surface area contributed by atoms with E-state index in [-0.39, 0.29) is 11.9 Å². The molecule has 1 amide bonds. The van der Waals surface area contributed by atoms with E-state index in [2.05, 4.69) is 10.5 Å². The molecule has 0 aliphatic carbocycles. The summed E-state index contributed by atoms with van der Waals surface area (Å²) in [5, 5.41) is 3.99. The molecule has 1 aromatic heterocycles. The predicted molar refractivity (Wildman–Crippen MR) is 44.0 cm³/mol. The number of hydrogen-bond acceptors (Lipinski definition) is 3. The van der Waals surface area contributed by atoms with Crippen LogP contribution in [0.15, 0.2) is 12.4 Å². The van der Waals surface area contributed by atoms with Gasteiger partial charge in [0.15, 0.2) is 0 Å². The van der Waals surface area contributed by atoms with Crippen molar-refractivity contribution in [3.05, 3.63) is 18.0 Å². The maximum atomic E-state index is 11.0. The van der Waals surface area contributed by atoms with E-state index in [1.54, 1.807) is 24.0 Å². The normalized spacial score (nSPS) is 12.6. The van der Waals surface area contributed by atoms with Crippen molar-refractivity contribution in [1.82, 2.24) is 15.2 Å². The number of nitrogens with one attached hydrogen (secondary N) is 1. The predicted octanol–water partition coefficient (Wildman–Crippen LogP) is -0.258. The molecule has 0 bridgehead atoms. The largest absolute Gasteiger partial charge is 0.292 e. The molecule has 0 unspecified atom stereocenters. The Morgan fingerprint density at radius 1 is 1.83 bits per heavy atom. The third-order valence-electron chi connectivity index (χ3n) is 1.65. The zero-order valence-corrected chi connectivity index (χ0v) is 7.11. The second-order valence-corrected chi connectivity index (χ2v) is 2.68. The van der Waals surface area contributed by atoms with E-state index in [0.29, 0.717) is 0 Å². The zero-order valence-electron chi connectivity index (χ0n) is 7.11. The smallest absolute Gasteiger partial charge is 0.258 e. The first-order chi connectivity index (χ1) is 5.65. The monoisotopic (exact) mass is 168 g/mol. The van der Waals surface area contributed by atoms with Gasteiger partial charge in [-0.05, 0) is 19.4 Å². The summed E-state index contributed by atoms with van der Waals surface area (Å²) in [6, 6.07) is -0.358. The quantitative estimate of drug-likeness (QED) is 0.363. The van der Waals surface area contributed by atoms with Crippen molar-refractivity contribution in [3.63, 3.8) is 0 Å². The van der Waals surface area contributed by atoms with Gasteiger partial charge in [0, 0.05) is 6.20 Å². The lowest BCUT2D eigenvalue weighted by molar-refractivity contribution is -0.124. The molecule has 1 atom stereocenters. The molecule has 0 radical (unpaired) electrons. The summed E-state index contributed by atoms with van der Waals surface area (Å²) in [7, 11) is 0. The number of aryl methyl sites for hydroxylation is 1. The molecule has 12 heavy (non-hydrogen) atoms. The van der Waals surface area contributed by atoms with Crippen LogP contribution in [-0.4, -0.2) is 15.7 Å². The summed E-state index contributed by atoms with van der Waals surface area (Å²) >= 11 is 0. The van der Waals surface area contributed by atoms with Crippen LogP contribution in [0.25, 0.3) is 0 Å². The van der Waals surface area contributed by atoms with E-state index in [4.69, 9.17) is 5.84 Å². The zero-order chi connectivity index (χ0) is 9.14. The fourth-order valence-corrected chi connectivity index (χ4v) is 0.886. The number of amides is 1. The second kappa shape index (κ2) is 3.36. The number of carbonyl (C=O) groups is 1. The van der Waals surface area contributed by atoms with E-state index >= 15 is 0 Å². The van der Waals surface area contributed by atoms with Crippen LogP contribution in [-0.2, 0) is 4.79 Å². The lowest BCUT2D eigenvalue weighted by Gasteiger charge is -2.08. The van der Waals surface area contributed by atoms with Gasteiger partial charge in [-0.2, -0.15) is 5.10 Å². The van der Waals surface area contributed by atoms with Crippen molar-refractivity contribution in [2.45, 2.75) is 19.9 Å². The van der Waals surface area contributed by atoms with Crippen molar-refractivity contribution in [3.8, 4) is 0 Å². The van der Waals surface area contributed by atoms with Gasteiger partial charge < -0.3 is 0 Å². The Hall–Kier alpha value is -1.36. The van der Waals surface area contributed by atoms with Gasteiger partial charge in [-0.15, -0.1) is 0 Å². The minimum absolute atomic E-state index is 0.252. The highest BCUT2D eigenvalue weighted by atomic mass is 16.2. The topological polar surface area (TPSA) is 72.9 Å². The van der Waals surface area contributed by atoms with Crippen molar-refractivity contribution >= 4 is 5.91 Å². The lowest BCUT2D eigenvalue weighted by Crippen LogP contribution is -2.36. The molecule has 5 nitrogen and oxygen atoms in total. The Bertz CT molecular complexity index is 281. The van der Waals surface area contributed by atoms with Gasteiger partial charge in [0.1, 0.15) is 6.04 Å². The molecule has 0 aliphatic rings. The SMILES string of the molecule is Cc1cnn([C@@H](C)C(=O)NN)c1. The van der Waals surface area contributed by atoms with Crippen molar-refractivity contribution < 1.29 is 4.79 Å². The molecule has 5 heteroatoms. The van der Waals surface area contributed by atoms with Crippen molar-refractivity contribution in [1.29, 1.82) is 0 Å². The van der Waals surface area contributed by atoms with Gasteiger partial charge in [0.2, 0.25) is 0 Å². The fourth-order valence-electron chi connectivity index (χ4n) is 0.886. The minimum Gasteiger partial charge on any atom is -0.292 e. The molecule has 0 aliphatic heterocycles. The first-order valence-electron chi connectivity index (χ1n) is 3.66. The van der Waals surface area contributed by atoms with Crippen LogP contribution in [0.4, 0.5) is 0 Å². The Morgan fingerprint density at radius 2 is 2.50 bits per heavy atom. The Morgan fingerprint density at radius 3 is 2.92 bits per heavy atom. The first kappa shape index (κ1) is 8.73. The van der Waals surface area contributed by atoms with Gasteiger partial charge in [-0.25, -0.2) is 5.84 Å². The van der Waals surface area contributed by atoms with E-state index < -0.39 is 0 Å². The lowest BCUT2D eigenvalue weighted by atomic mass is 10.3. The number of hydrazine groups is 1. The number of hydrogen-bond donors (Lipinski definition) is 2. The molecule has 66 valence electrons. The van der Waals surface area contributed by atoms with Crippen LogP contribution < -0.4 is 11.3 Å². The summed E-state index contributed by atoms with van der Waals surface area (Å²) in [5.74, 6) is 4.72. The van der Waals surface area contributed by atoms with Crippen LogP contribution in [0.5, 0.6) is 0 Å². The van der Waals surface area contributed by atoms with Crippen molar-refractivity contribution in [2.24, 2.45) is 5.84 Å². The summed E-state index contributed by atoms with van der Waals surface area (Å²) in [6.45, 7) is 3.64. The minimum atomic E-state index is -0.358. The molecule has 1 heterocycles. The second-order valence-electron chi connectivity index (χ2n) is 2.68. The molecular formula is C7H12N4O. The van der Waals surface area contributed by atoms with Crippen LogP contribution >= 0.6 is 0 Å². The van der Waals surface area contributed by atoms with E-state index in [1.165, 1.54) is 0 Å². The van der Waals surface area contributed by atoms with Crippen LogP contribution in [0.1, 0.15) is 18.5 Å². The van der Waals surface area contributed by atoms with E-state index in [9.17, 15) is 4.79 Å². The maximum Gasteiger partial charge on any atom is 0.258 e. The Labute approximate surface area is 70.5 Å². The molecule has 0 fully saturated rings. The highest BCUT2D eigenvalue weighted by Gasteiger charge is 2.13. The standard InChI is InChI=1S/C7H12N4O/c1-5-3-9-11(4-5)6(2)7(12)10-8/h3-4,6H,8H2,1-2H3,(H,10,12)/t6-/m0/s1. The third kappa shape index (κ3) is 1.62. The molecule has 0 spiro atoms. The summed E-state index contributed by atoms with van der Waals surface area (Å²) < 4.78 is 1.57. The summed E-state index contributed by atoms with van der Waals surface area (Å²) in [6.07, 6.45) is 3.49. The van der Waals surface area contributed by atoms with Crippen LogP contribution in [0.2, 0.25) is 0 Å². The van der Waals surface area contributed by atoms with Crippen molar-refractivity contribution in [2.75, 3.05) is 0 Å². The first-order valence-corrected chi connectivity index (χ1v) is 3.66. The average molecular weight is 168 g/mol. The number of aromatic nitrogens is 2.